The van der Waals surface area contributed by atoms with Crippen LogP contribution in [0, 0.1) is 0 Å². The second kappa shape index (κ2) is 9.64. The van der Waals surface area contributed by atoms with Crippen LogP contribution in [-0.4, -0.2) is 19.9 Å². The standard InChI is InChI=1S/C30H22N6/c1-5-17-31-27(9-1)35(28-10-2-6-18-32-28)25-15-13-23-14-16-26(22-24(23)21-25)36(29-11-3-7-19-33-29)30-12-4-8-20-34-30/h1-22H. The summed E-state index contributed by atoms with van der Waals surface area (Å²) < 4.78 is 0. The molecule has 0 N–H and O–H groups in total. The van der Waals surface area contributed by atoms with Gasteiger partial charge in [0.1, 0.15) is 23.3 Å². The summed E-state index contributed by atoms with van der Waals surface area (Å²) in [7, 11) is 0. The summed E-state index contributed by atoms with van der Waals surface area (Å²) in [5, 5.41) is 2.21. The molecule has 0 unspecified atom stereocenters. The first-order chi connectivity index (χ1) is 17.9. The Morgan fingerprint density at radius 1 is 0.361 bits per heavy atom. The molecule has 0 spiro atoms. The van der Waals surface area contributed by atoms with Crippen LogP contribution in [-0.2, 0) is 0 Å². The van der Waals surface area contributed by atoms with Crippen molar-refractivity contribution >= 4 is 45.4 Å². The van der Waals surface area contributed by atoms with Crippen molar-refractivity contribution in [2.75, 3.05) is 9.80 Å². The number of hydrogen-bond donors (Lipinski definition) is 0. The molecule has 0 bridgehead atoms. The third-order valence-corrected chi connectivity index (χ3v) is 5.84. The van der Waals surface area contributed by atoms with E-state index in [9.17, 15) is 0 Å². The molecule has 172 valence electrons. The molecule has 0 amide bonds. The number of fused-ring (bicyclic) bond motifs is 1. The van der Waals surface area contributed by atoms with Gasteiger partial charge in [0, 0.05) is 36.2 Å². The number of aromatic nitrogens is 4. The fourth-order valence-electron chi connectivity index (χ4n) is 4.21. The van der Waals surface area contributed by atoms with Gasteiger partial charge < -0.3 is 0 Å². The maximum Gasteiger partial charge on any atom is 0.138 e. The summed E-state index contributed by atoms with van der Waals surface area (Å²) in [4.78, 5) is 22.5. The first kappa shape index (κ1) is 21.4. The van der Waals surface area contributed by atoms with Crippen molar-refractivity contribution in [1.29, 1.82) is 0 Å². The van der Waals surface area contributed by atoms with Crippen LogP contribution >= 0.6 is 0 Å². The van der Waals surface area contributed by atoms with Crippen molar-refractivity contribution < 1.29 is 0 Å². The summed E-state index contributed by atoms with van der Waals surface area (Å²) in [6.45, 7) is 0. The average Bonchev–Trinajstić information content (AvgIpc) is 2.96. The summed E-state index contributed by atoms with van der Waals surface area (Å²) in [5.41, 5.74) is 1.94. The van der Waals surface area contributed by atoms with Gasteiger partial charge in [-0.25, -0.2) is 19.9 Å². The molecule has 0 aliphatic heterocycles. The normalized spacial score (nSPS) is 10.8. The minimum atomic E-state index is 0.801. The molecule has 4 aromatic heterocycles. The van der Waals surface area contributed by atoms with Crippen molar-refractivity contribution in [1.82, 2.24) is 19.9 Å². The SMILES string of the molecule is c1ccc(N(c2ccc3ccc(N(c4ccccn4)c4ccccn4)cc3c2)c2ccccn2)nc1. The van der Waals surface area contributed by atoms with Crippen molar-refractivity contribution in [2.24, 2.45) is 0 Å². The van der Waals surface area contributed by atoms with E-state index in [1.54, 1.807) is 24.8 Å². The van der Waals surface area contributed by atoms with Gasteiger partial charge in [0.05, 0.1) is 0 Å². The highest BCUT2D eigenvalue weighted by molar-refractivity contribution is 5.92. The zero-order valence-corrected chi connectivity index (χ0v) is 19.4. The zero-order chi connectivity index (χ0) is 24.2. The number of anilines is 6. The van der Waals surface area contributed by atoms with E-state index in [0.717, 1.165) is 45.4 Å². The van der Waals surface area contributed by atoms with Gasteiger partial charge >= 0.3 is 0 Å². The first-order valence-corrected chi connectivity index (χ1v) is 11.6. The van der Waals surface area contributed by atoms with Crippen LogP contribution in [0.25, 0.3) is 10.8 Å². The van der Waals surface area contributed by atoms with Crippen LogP contribution in [0.3, 0.4) is 0 Å². The summed E-state index contributed by atoms with van der Waals surface area (Å²) >= 11 is 0. The highest BCUT2D eigenvalue weighted by atomic mass is 15.2. The molecule has 6 heteroatoms. The van der Waals surface area contributed by atoms with E-state index in [1.807, 2.05) is 72.8 Å². The third-order valence-electron chi connectivity index (χ3n) is 5.84. The number of pyridine rings is 4. The minimum absolute atomic E-state index is 0.801. The van der Waals surface area contributed by atoms with Crippen LogP contribution < -0.4 is 9.80 Å². The smallest absolute Gasteiger partial charge is 0.138 e. The molecule has 0 aliphatic carbocycles. The van der Waals surface area contributed by atoms with Gasteiger partial charge in [0.25, 0.3) is 0 Å². The molecule has 0 aliphatic rings. The molecular formula is C30H22N6. The van der Waals surface area contributed by atoms with Gasteiger partial charge in [0.15, 0.2) is 0 Å². The van der Waals surface area contributed by atoms with Crippen LogP contribution in [0.1, 0.15) is 0 Å². The van der Waals surface area contributed by atoms with Gasteiger partial charge in [-0.15, -0.1) is 0 Å². The van der Waals surface area contributed by atoms with E-state index in [4.69, 9.17) is 0 Å². The van der Waals surface area contributed by atoms with Crippen LogP contribution in [0.4, 0.5) is 34.6 Å². The Bertz CT molecular complexity index is 1380. The predicted octanol–water partition coefficient (Wildman–Crippen LogP) is 7.36. The van der Waals surface area contributed by atoms with E-state index in [1.165, 1.54) is 0 Å². The number of rotatable bonds is 6. The summed E-state index contributed by atoms with van der Waals surface area (Å²) in [6, 6.07) is 36.3. The topological polar surface area (TPSA) is 58.0 Å². The third kappa shape index (κ3) is 4.23. The predicted molar refractivity (Wildman–Crippen MR) is 144 cm³/mol. The Labute approximate surface area is 209 Å². The summed E-state index contributed by atoms with van der Waals surface area (Å²) in [6.07, 6.45) is 7.17. The molecule has 4 heterocycles. The fraction of sp³-hybridized carbons (Fsp3) is 0. The molecular weight excluding hydrogens is 444 g/mol. The molecule has 6 rings (SSSR count). The molecule has 0 fully saturated rings. The molecule has 36 heavy (non-hydrogen) atoms. The van der Waals surface area contributed by atoms with Crippen LogP contribution in [0.2, 0.25) is 0 Å². The second-order valence-corrected chi connectivity index (χ2v) is 8.14. The van der Waals surface area contributed by atoms with E-state index >= 15 is 0 Å². The van der Waals surface area contributed by atoms with Crippen molar-refractivity contribution in [3.63, 3.8) is 0 Å². The maximum atomic E-state index is 4.60. The lowest BCUT2D eigenvalue weighted by atomic mass is 10.1. The average molecular weight is 467 g/mol. The van der Waals surface area contributed by atoms with Crippen LogP contribution in [0.15, 0.2) is 134 Å². The Morgan fingerprint density at radius 3 is 1.03 bits per heavy atom. The van der Waals surface area contributed by atoms with Gasteiger partial charge in [0.2, 0.25) is 0 Å². The molecule has 2 aromatic carbocycles. The van der Waals surface area contributed by atoms with Gasteiger partial charge in [-0.1, -0.05) is 36.4 Å². The molecule has 6 nitrogen and oxygen atoms in total. The first-order valence-electron chi connectivity index (χ1n) is 11.6. The van der Waals surface area contributed by atoms with Gasteiger partial charge in [-0.3, -0.25) is 9.80 Å². The lowest BCUT2D eigenvalue weighted by Gasteiger charge is -2.24. The lowest BCUT2D eigenvalue weighted by molar-refractivity contribution is 1.12. The van der Waals surface area contributed by atoms with E-state index in [-0.39, 0.29) is 0 Å². The van der Waals surface area contributed by atoms with Crippen molar-refractivity contribution in [2.45, 2.75) is 0 Å². The van der Waals surface area contributed by atoms with E-state index in [2.05, 4.69) is 66.1 Å². The number of benzene rings is 2. The van der Waals surface area contributed by atoms with Crippen LogP contribution in [0.5, 0.6) is 0 Å². The Balaban J connectivity index is 1.49. The number of nitrogens with zero attached hydrogens (tertiary/aromatic N) is 6. The maximum absolute atomic E-state index is 4.60. The Hall–Kier alpha value is -5.10. The Kier molecular flexibility index (Phi) is 5.74. The quantitative estimate of drug-likeness (QED) is 0.256. The largest absolute Gasteiger partial charge is 0.279 e. The van der Waals surface area contributed by atoms with E-state index < -0.39 is 0 Å². The Morgan fingerprint density at radius 2 is 0.722 bits per heavy atom. The highest BCUT2D eigenvalue weighted by Gasteiger charge is 2.17. The van der Waals surface area contributed by atoms with Crippen molar-refractivity contribution in [3.8, 4) is 0 Å². The monoisotopic (exact) mass is 466 g/mol. The number of hydrogen-bond acceptors (Lipinski definition) is 6. The van der Waals surface area contributed by atoms with Gasteiger partial charge in [-0.2, -0.15) is 0 Å². The van der Waals surface area contributed by atoms with Gasteiger partial charge in [-0.05, 0) is 83.6 Å². The molecule has 0 radical (unpaired) electrons. The molecule has 0 saturated carbocycles. The zero-order valence-electron chi connectivity index (χ0n) is 19.4. The summed E-state index contributed by atoms with van der Waals surface area (Å²) in [5.74, 6) is 3.20. The molecule has 0 saturated heterocycles. The van der Waals surface area contributed by atoms with E-state index in [0.29, 0.717) is 0 Å². The minimum Gasteiger partial charge on any atom is -0.279 e. The lowest BCUT2D eigenvalue weighted by Crippen LogP contribution is -2.13. The molecule has 6 aromatic rings. The second-order valence-electron chi connectivity index (χ2n) is 8.14. The van der Waals surface area contributed by atoms with Crippen molar-refractivity contribution in [3.05, 3.63) is 134 Å². The fourth-order valence-corrected chi connectivity index (χ4v) is 4.21. The highest BCUT2D eigenvalue weighted by Crippen LogP contribution is 2.37. The molecule has 0 atom stereocenters.